The molecule has 162 valence electrons. The summed E-state index contributed by atoms with van der Waals surface area (Å²) in [5.41, 5.74) is 2.46. The lowest BCUT2D eigenvalue weighted by Crippen LogP contribution is -2.48. The number of hydrogen-bond acceptors (Lipinski definition) is 6. The number of nitrogens with zero attached hydrogens (tertiary/aromatic N) is 4. The Kier molecular flexibility index (Phi) is 5.41. The quantitative estimate of drug-likeness (QED) is 0.589. The molecule has 8 heteroatoms. The van der Waals surface area contributed by atoms with Crippen molar-refractivity contribution >= 4 is 17.8 Å². The average molecular weight is 432 g/mol. The second-order valence-corrected chi connectivity index (χ2v) is 7.54. The SMILES string of the molecule is O=C(/C=C/c1ccc(F)cc1)N1CCN(c2ccc(-c3ccc4c(c3)OCO4)nn2)CC1. The Balaban J connectivity index is 1.18. The second kappa shape index (κ2) is 8.66. The van der Waals surface area contributed by atoms with Crippen molar-refractivity contribution in [2.24, 2.45) is 0 Å². The molecule has 1 aromatic heterocycles. The zero-order valence-corrected chi connectivity index (χ0v) is 17.3. The van der Waals surface area contributed by atoms with Crippen LogP contribution in [-0.4, -0.2) is 54.0 Å². The number of piperazine rings is 1. The molecule has 0 aliphatic carbocycles. The molecule has 2 aromatic carbocycles. The zero-order valence-electron chi connectivity index (χ0n) is 17.3. The number of aromatic nitrogens is 2. The summed E-state index contributed by atoms with van der Waals surface area (Å²) >= 11 is 0. The fraction of sp³-hybridized carbons (Fsp3) is 0.208. The first kappa shape index (κ1) is 20.0. The predicted molar refractivity (Wildman–Crippen MR) is 118 cm³/mol. The van der Waals surface area contributed by atoms with Gasteiger partial charge in [0, 0.05) is 37.8 Å². The number of hydrogen-bond donors (Lipinski definition) is 0. The summed E-state index contributed by atoms with van der Waals surface area (Å²) in [6, 6.07) is 15.6. The maximum atomic E-state index is 13.0. The lowest BCUT2D eigenvalue weighted by molar-refractivity contribution is -0.126. The fourth-order valence-electron chi connectivity index (χ4n) is 3.71. The van der Waals surface area contributed by atoms with E-state index < -0.39 is 0 Å². The van der Waals surface area contributed by atoms with Crippen LogP contribution in [-0.2, 0) is 4.79 Å². The summed E-state index contributed by atoms with van der Waals surface area (Å²) in [6.45, 7) is 2.78. The molecular formula is C24H21FN4O3. The molecule has 0 radical (unpaired) electrons. The first-order valence-electron chi connectivity index (χ1n) is 10.4. The van der Waals surface area contributed by atoms with Crippen LogP contribution in [0.15, 0.2) is 60.7 Å². The number of carbonyl (C=O) groups excluding carboxylic acids is 1. The first-order valence-corrected chi connectivity index (χ1v) is 10.4. The third kappa shape index (κ3) is 4.25. The third-order valence-corrected chi connectivity index (χ3v) is 5.52. The molecular weight excluding hydrogens is 411 g/mol. The molecule has 0 atom stereocenters. The highest BCUT2D eigenvalue weighted by atomic mass is 19.1. The number of halogens is 1. The van der Waals surface area contributed by atoms with Crippen LogP contribution in [0.2, 0.25) is 0 Å². The highest BCUT2D eigenvalue weighted by molar-refractivity contribution is 5.92. The van der Waals surface area contributed by atoms with E-state index in [2.05, 4.69) is 15.1 Å². The van der Waals surface area contributed by atoms with Gasteiger partial charge >= 0.3 is 0 Å². The topological polar surface area (TPSA) is 67.8 Å². The summed E-state index contributed by atoms with van der Waals surface area (Å²) < 4.78 is 23.8. The van der Waals surface area contributed by atoms with E-state index in [9.17, 15) is 9.18 Å². The van der Waals surface area contributed by atoms with E-state index in [1.807, 2.05) is 30.3 Å². The van der Waals surface area contributed by atoms with Gasteiger partial charge in [0.1, 0.15) is 5.82 Å². The van der Waals surface area contributed by atoms with Gasteiger partial charge in [0.2, 0.25) is 12.7 Å². The predicted octanol–water partition coefficient (Wildman–Crippen LogP) is 3.37. The van der Waals surface area contributed by atoms with Gasteiger partial charge in [0.15, 0.2) is 17.3 Å². The Hall–Kier alpha value is -3.94. The number of rotatable bonds is 4. The Labute approximate surface area is 184 Å². The Morgan fingerprint density at radius 1 is 0.906 bits per heavy atom. The average Bonchev–Trinajstić information content (AvgIpc) is 3.32. The number of carbonyl (C=O) groups is 1. The molecule has 0 bridgehead atoms. The number of benzene rings is 2. The lowest BCUT2D eigenvalue weighted by atomic mass is 10.1. The Bertz CT molecular complexity index is 1140. The van der Waals surface area contributed by atoms with E-state index in [0.29, 0.717) is 31.9 Å². The van der Waals surface area contributed by atoms with Gasteiger partial charge in [0.25, 0.3) is 0 Å². The highest BCUT2D eigenvalue weighted by Gasteiger charge is 2.21. The van der Waals surface area contributed by atoms with Crippen LogP contribution in [0, 0.1) is 5.82 Å². The molecule has 0 saturated carbocycles. The van der Waals surface area contributed by atoms with Gasteiger partial charge in [-0.15, -0.1) is 10.2 Å². The van der Waals surface area contributed by atoms with Crippen LogP contribution in [0.25, 0.3) is 17.3 Å². The van der Waals surface area contributed by atoms with E-state index in [0.717, 1.165) is 28.4 Å². The van der Waals surface area contributed by atoms with Crippen molar-refractivity contribution in [2.75, 3.05) is 37.9 Å². The summed E-state index contributed by atoms with van der Waals surface area (Å²) in [4.78, 5) is 16.4. The van der Waals surface area contributed by atoms with Gasteiger partial charge < -0.3 is 19.3 Å². The molecule has 32 heavy (non-hydrogen) atoms. The van der Waals surface area contributed by atoms with Crippen molar-refractivity contribution in [3.8, 4) is 22.8 Å². The molecule has 1 saturated heterocycles. The fourth-order valence-corrected chi connectivity index (χ4v) is 3.71. The van der Waals surface area contributed by atoms with E-state index in [4.69, 9.17) is 9.47 Å². The monoisotopic (exact) mass is 432 g/mol. The van der Waals surface area contributed by atoms with Gasteiger partial charge in [0.05, 0.1) is 5.69 Å². The minimum Gasteiger partial charge on any atom is -0.454 e. The van der Waals surface area contributed by atoms with Crippen molar-refractivity contribution in [2.45, 2.75) is 0 Å². The van der Waals surface area contributed by atoms with Crippen molar-refractivity contribution in [3.63, 3.8) is 0 Å². The van der Waals surface area contributed by atoms with Crippen molar-refractivity contribution < 1.29 is 18.7 Å². The van der Waals surface area contributed by atoms with Crippen molar-refractivity contribution in [3.05, 3.63) is 72.1 Å². The summed E-state index contributed by atoms with van der Waals surface area (Å²) in [5.74, 6) is 1.87. The number of amides is 1. The smallest absolute Gasteiger partial charge is 0.246 e. The van der Waals surface area contributed by atoms with E-state index in [1.165, 1.54) is 18.2 Å². The van der Waals surface area contributed by atoms with Crippen LogP contribution in [0.3, 0.4) is 0 Å². The molecule has 1 fully saturated rings. The van der Waals surface area contributed by atoms with Crippen LogP contribution in [0.1, 0.15) is 5.56 Å². The summed E-state index contributed by atoms with van der Waals surface area (Å²) in [5, 5.41) is 8.75. The number of fused-ring (bicyclic) bond motifs is 1. The van der Waals surface area contributed by atoms with Crippen LogP contribution < -0.4 is 14.4 Å². The number of ether oxygens (including phenoxy) is 2. The molecule has 2 aliphatic rings. The van der Waals surface area contributed by atoms with Gasteiger partial charge in [-0.05, 0) is 54.1 Å². The largest absolute Gasteiger partial charge is 0.454 e. The van der Waals surface area contributed by atoms with Crippen molar-refractivity contribution in [1.82, 2.24) is 15.1 Å². The molecule has 0 spiro atoms. The normalized spacial score (nSPS) is 15.4. The molecule has 2 aliphatic heterocycles. The van der Waals surface area contributed by atoms with Gasteiger partial charge in [-0.1, -0.05) is 12.1 Å². The lowest BCUT2D eigenvalue weighted by Gasteiger charge is -2.34. The molecule has 5 rings (SSSR count). The van der Waals surface area contributed by atoms with E-state index in [-0.39, 0.29) is 18.5 Å². The summed E-state index contributed by atoms with van der Waals surface area (Å²) in [7, 11) is 0. The molecule has 3 aromatic rings. The first-order chi connectivity index (χ1) is 15.7. The van der Waals surface area contributed by atoms with Crippen molar-refractivity contribution in [1.29, 1.82) is 0 Å². The van der Waals surface area contributed by atoms with Gasteiger partial charge in [-0.2, -0.15) is 0 Å². The van der Waals surface area contributed by atoms with Gasteiger partial charge in [-0.3, -0.25) is 4.79 Å². The highest BCUT2D eigenvalue weighted by Crippen LogP contribution is 2.35. The third-order valence-electron chi connectivity index (χ3n) is 5.52. The molecule has 1 amide bonds. The molecule has 0 unspecified atom stereocenters. The van der Waals surface area contributed by atoms with E-state index in [1.54, 1.807) is 23.1 Å². The minimum atomic E-state index is -0.295. The second-order valence-electron chi connectivity index (χ2n) is 7.54. The maximum Gasteiger partial charge on any atom is 0.246 e. The Morgan fingerprint density at radius 3 is 2.44 bits per heavy atom. The molecule has 7 nitrogen and oxygen atoms in total. The molecule has 0 N–H and O–H groups in total. The number of anilines is 1. The minimum absolute atomic E-state index is 0.0572. The van der Waals surface area contributed by atoms with Crippen LogP contribution in [0.4, 0.5) is 10.2 Å². The summed E-state index contributed by atoms with van der Waals surface area (Å²) in [6.07, 6.45) is 3.23. The van der Waals surface area contributed by atoms with Gasteiger partial charge in [-0.25, -0.2) is 4.39 Å². The standard InChI is InChI=1S/C24H21FN4O3/c25-19-5-1-17(2-6-19)3-10-24(30)29-13-11-28(12-14-29)23-9-7-20(26-27-23)18-4-8-21-22(15-18)32-16-31-21/h1-10,15H,11-14,16H2/b10-3+. The van der Waals surface area contributed by atoms with E-state index >= 15 is 0 Å². The zero-order chi connectivity index (χ0) is 21.9. The Morgan fingerprint density at radius 2 is 1.69 bits per heavy atom. The molecule has 3 heterocycles. The van der Waals surface area contributed by atoms with Crippen LogP contribution in [0.5, 0.6) is 11.5 Å². The maximum absolute atomic E-state index is 13.0. The van der Waals surface area contributed by atoms with Crippen LogP contribution >= 0.6 is 0 Å².